The molecule has 0 amide bonds. The molecule has 2 rings (SSSR count). The summed E-state index contributed by atoms with van der Waals surface area (Å²) in [6, 6.07) is 1.54. The van der Waals surface area contributed by atoms with Gasteiger partial charge in [0.25, 0.3) is 0 Å². The third kappa shape index (κ3) is 9.65. The molecule has 0 spiro atoms. The summed E-state index contributed by atoms with van der Waals surface area (Å²) in [6.45, 7) is 19.1. The van der Waals surface area contributed by atoms with Gasteiger partial charge in [0.15, 0.2) is 0 Å². The summed E-state index contributed by atoms with van der Waals surface area (Å²) in [7, 11) is -5.75. The van der Waals surface area contributed by atoms with Crippen molar-refractivity contribution in [2.24, 2.45) is 0 Å². The normalized spacial score (nSPS) is 34.7. The Morgan fingerprint density at radius 1 is 0.882 bits per heavy atom. The van der Waals surface area contributed by atoms with E-state index in [1.165, 1.54) is 0 Å². The average molecular weight is 555 g/mol. The Hall–Kier alpha value is 0.894. The Kier molecular flexibility index (Phi) is 11.1. The molecule has 0 saturated carbocycles. The Bertz CT molecular complexity index is 653. The van der Waals surface area contributed by atoms with Crippen LogP contribution in [-0.4, -0.2) is 64.2 Å². The van der Waals surface area contributed by atoms with Crippen molar-refractivity contribution in [3.05, 3.63) is 0 Å². The SMILES string of the molecule is CC1CC(C)(C)O[Si](CCCS)(OC(C)CC(C)(C)O[Si]2(CCCS)OC(C)CC(C)(C)O2)O1. The highest BCUT2D eigenvalue weighted by molar-refractivity contribution is 7.80. The minimum atomic E-state index is -2.90. The molecule has 2 saturated heterocycles. The molecule has 6 nitrogen and oxygen atoms in total. The lowest BCUT2D eigenvalue weighted by atomic mass is 10.0. The van der Waals surface area contributed by atoms with E-state index < -0.39 is 23.2 Å². The van der Waals surface area contributed by atoms with Crippen LogP contribution in [0, 0.1) is 0 Å². The van der Waals surface area contributed by atoms with Crippen LogP contribution in [-0.2, 0) is 26.6 Å². The molecular formula is C24H50O6S2Si2. The van der Waals surface area contributed by atoms with Crippen LogP contribution < -0.4 is 0 Å². The summed E-state index contributed by atoms with van der Waals surface area (Å²) in [5.74, 6) is 1.56. The van der Waals surface area contributed by atoms with Gasteiger partial charge in [-0.3, -0.25) is 0 Å². The largest absolute Gasteiger partial charge is 0.502 e. The lowest BCUT2D eigenvalue weighted by Gasteiger charge is -2.49. The fourth-order valence-electron chi connectivity index (χ4n) is 5.58. The van der Waals surface area contributed by atoms with Crippen LogP contribution in [0.2, 0.25) is 12.1 Å². The van der Waals surface area contributed by atoms with Crippen LogP contribution in [0.5, 0.6) is 0 Å². The summed E-state index contributed by atoms with van der Waals surface area (Å²) in [6.07, 6.45) is 4.30. The maximum atomic E-state index is 6.81. The van der Waals surface area contributed by atoms with Gasteiger partial charge in [-0.15, -0.1) is 0 Å². The first-order valence-electron chi connectivity index (χ1n) is 12.9. The van der Waals surface area contributed by atoms with Gasteiger partial charge >= 0.3 is 17.6 Å². The van der Waals surface area contributed by atoms with Crippen LogP contribution in [0.4, 0.5) is 0 Å². The van der Waals surface area contributed by atoms with Crippen LogP contribution in [0.15, 0.2) is 0 Å². The second-order valence-electron chi connectivity index (χ2n) is 12.0. The van der Waals surface area contributed by atoms with Crippen molar-refractivity contribution in [3.8, 4) is 0 Å². The van der Waals surface area contributed by atoms with E-state index in [9.17, 15) is 0 Å². The molecule has 34 heavy (non-hydrogen) atoms. The van der Waals surface area contributed by atoms with Crippen molar-refractivity contribution < 1.29 is 26.6 Å². The minimum absolute atomic E-state index is 0.101. The molecular weight excluding hydrogens is 505 g/mol. The van der Waals surface area contributed by atoms with Gasteiger partial charge in [-0.25, -0.2) is 0 Å². The van der Waals surface area contributed by atoms with E-state index in [0.717, 1.165) is 49.3 Å². The second kappa shape index (κ2) is 12.2. The average Bonchev–Trinajstić information content (AvgIpc) is 2.60. The molecule has 10 heteroatoms. The maximum absolute atomic E-state index is 6.81. The summed E-state index contributed by atoms with van der Waals surface area (Å²) < 4.78 is 39.5. The van der Waals surface area contributed by atoms with Gasteiger partial charge in [0, 0.05) is 30.4 Å². The van der Waals surface area contributed by atoms with E-state index >= 15 is 0 Å². The van der Waals surface area contributed by atoms with Gasteiger partial charge < -0.3 is 26.6 Å². The van der Waals surface area contributed by atoms with E-state index in [1.54, 1.807) is 0 Å². The van der Waals surface area contributed by atoms with Crippen molar-refractivity contribution in [1.29, 1.82) is 0 Å². The van der Waals surface area contributed by atoms with E-state index in [2.05, 4.69) is 87.6 Å². The molecule has 0 aromatic rings. The Morgan fingerprint density at radius 3 is 1.79 bits per heavy atom. The lowest BCUT2D eigenvalue weighted by molar-refractivity contribution is -0.127. The Balaban J connectivity index is 2.15. The van der Waals surface area contributed by atoms with Gasteiger partial charge in [0.2, 0.25) is 0 Å². The van der Waals surface area contributed by atoms with E-state index in [0.29, 0.717) is 6.42 Å². The van der Waals surface area contributed by atoms with Crippen molar-refractivity contribution in [3.63, 3.8) is 0 Å². The molecule has 202 valence electrons. The molecule has 5 atom stereocenters. The Labute approximate surface area is 222 Å². The second-order valence-corrected chi connectivity index (χ2v) is 17.9. The highest BCUT2D eigenvalue weighted by Crippen LogP contribution is 2.40. The van der Waals surface area contributed by atoms with Gasteiger partial charge in [0.1, 0.15) is 0 Å². The fourth-order valence-corrected chi connectivity index (χ4v) is 13.5. The number of rotatable bonds is 12. The van der Waals surface area contributed by atoms with Crippen molar-refractivity contribution in [1.82, 2.24) is 0 Å². The van der Waals surface area contributed by atoms with Crippen molar-refractivity contribution >= 4 is 42.9 Å². The van der Waals surface area contributed by atoms with Gasteiger partial charge in [-0.1, -0.05) is 0 Å². The smallest absolute Gasteiger partial charge is 0.371 e. The molecule has 0 N–H and O–H groups in total. The predicted molar refractivity (Wildman–Crippen MR) is 149 cm³/mol. The van der Waals surface area contributed by atoms with Crippen LogP contribution in [0.3, 0.4) is 0 Å². The molecule has 0 bridgehead atoms. The summed E-state index contributed by atoms with van der Waals surface area (Å²) in [5, 5.41) is 0. The zero-order chi connectivity index (χ0) is 25.8. The van der Waals surface area contributed by atoms with Gasteiger partial charge in [-0.05, 0) is 106 Å². The first-order valence-corrected chi connectivity index (χ1v) is 18.0. The molecule has 2 heterocycles. The number of hydrogen-bond donors (Lipinski definition) is 2. The zero-order valence-electron chi connectivity index (χ0n) is 22.9. The summed E-state index contributed by atoms with van der Waals surface area (Å²) in [4.78, 5) is 0. The summed E-state index contributed by atoms with van der Waals surface area (Å²) >= 11 is 8.85. The molecule has 0 aliphatic carbocycles. The highest BCUT2D eigenvalue weighted by atomic mass is 32.1. The van der Waals surface area contributed by atoms with Crippen LogP contribution >= 0.6 is 25.3 Å². The third-order valence-electron chi connectivity index (χ3n) is 6.06. The molecule has 0 radical (unpaired) electrons. The monoisotopic (exact) mass is 554 g/mol. The lowest BCUT2D eigenvalue weighted by Crippen LogP contribution is -2.61. The molecule has 0 aromatic heterocycles. The molecule has 2 fully saturated rings. The Morgan fingerprint density at radius 2 is 1.32 bits per heavy atom. The zero-order valence-corrected chi connectivity index (χ0v) is 26.7. The van der Waals surface area contributed by atoms with Crippen LogP contribution in [0.25, 0.3) is 0 Å². The standard InChI is InChI=1S/C24H50O6S2Si2/c1-19-16-22(4,5)28-33(25-19,14-10-12-31)26-20(2)17-23(6,7)29-34(15-11-13-32)27-21(3)18-24(8,9)30-34/h19-21,31-32H,10-18H2,1-9H3. The maximum Gasteiger partial charge on any atom is 0.502 e. The van der Waals surface area contributed by atoms with Gasteiger partial charge in [-0.2, -0.15) is 25.3 Å². The van der Waals surface area contributed by atoms with Gasteiger partial charge in [0.05, 0.1) is 16.8 Å². The summed E-state index contributed by atoms with van der Waals surface area (Å²) in [5.41, 5.74) is -1.03. The quantitative estimate of drug-likeness (QED) is 0.218. The van der Waals surface area contributed by atoms with Crippen molar-refractivity contribution in [2.45, 2.75) is 142 Å². The third-order valence-corrected chi connectivity index (χ3v) is 13.5. The highest BCUT2D eigenvalue weighted by Gasteiger charge is 2.55. The molecule has 2 aliphatic rings. The predicted octanol–water partition coefficient (Wildman–Crippen LogP) is 6.30. The van der Waals surface area contributed by atoms with Crippen LogP contribution in [0.1, 0.15) is 94.4 Å². The first kappa shape index (κ1) is 31.1. The van der Waals surface area contributed by atoms with Crippen molar-refractivity contribution in [2.75, 3.05) is 11.5 Å². The topological polar surface area (TPSA) is 55.4 Å². The first-order chi connectivity index (χ1) is 15.5. The van der Waals surface area contributed by atoms with E-state index in [4.69, 9.17) is 26.6 Å². The molecule has 2 aliphatic heterocycles. The molecule has 5 unspecified atom stereocenters. The van der Waals surface area contributed by atoms with E-state index in [-0.39, 0.29) is 29.5 Å². The number of hydrogen-bond acceptors (Lipinski definition) is 8. The fraction of sp³-hybridized carbons (Fsp3) is 1.00. The van der Waals surface area contributed by atoms with E-state index in [1.807, 2.05) is 0 Å². The molecule has 0 aromatic carbocycles. The number of thiol groups is 2. The minimum Gasteiger partial charge on any atom is -0.371 e.